The summed E-state index contributed by atoms with van der Waals surface area (Å²) >= 11 is 0. The van der Waals surface area contributed by atoms with Crippen LogP contribution in [0.4, 0.5) is 0 Å². The summed E-state index contributed by atoms with van der Waals surface area (Å²) < 4.78 is 5.13. The van der Waals surface area contributed by atoms with Gasteiger partial charge in [0.1, 0.15) is 11.5 Å². The second-order valence-electron chi connectivity index (χ2n) is 6.06. The number of aliphatic carboxylic acids is 1. The quantitative estimate of drug-likeness (QED) is 0.451. The predicted molar refractivity (Wildman–Crippen MR) is 105 cm³/mol. The molecule has 0 radical (unpaired) electrons. The highest BCUT2D eigenvalue weighted by Gasteiger charge is 2.12. The van der Waals surface area contributed by atoms with Crippen LogP contribution in [0.1, 0.15) is 22.8 Å². The number of rotatable bonds is 6. The molecule has 0 aromatic heterocycles. The second-order valence-corrected chi connectivity index (χ2v) is 6.06. The van der Waals surface area contributed by atoms with Crippen molar-refractivity contribution < 1.29 is 24.5 Å². The van der Waals surface area contributed by atoms with E-state index >= 15 is 0 Å². The maximum Gasteiger partial charge on any atom is 0.341 e. The third kappa shape index (κ3) is 4.45. The van der Waals surface area contributed by atoms with Gasteiger partial charge in [-0.1, -0.05) is 36.4 Å². The van der Waals surface area contributed by atoms with Gasteiger partial charge in [0.05, 0.1) is 11.3 Å². The zero-order chi connectivity index (χ0) is 20.1. The number of carboxylic acids is 1. The molecule has 0 heterocycles. The van der Waals surface area contributed by atoms with Crippen LogP contribution in [0, 0.1) is 0 Å². The lowest BCUT2D eigenvalue weighted by Crippen LogP contribution is -2.19. The monoisotopic (exact) mass is 378 g/mol. The summed E-state index contributed by atoms with van der Waals surface area (Å²) in [5.74, 6) is -1.36. The van der Waals surface area contributed by atoms with Gasteiger partial charge in [-0.25, -0.2) is 10.2 Å². The topological polar surface area (TPSA) is 108 Å². The molecule has 28 heavy (non-hydrogen) atoms. The minimum Gasteiger partial charge on any atom is -0.507 e. The van der Waals surface area contributed by atoms with Gasteiger partial charge in [-0.15, -0.1) is 0 Å². The normalized spacial score (nSPS) is 11.2. The van der Waals surface area contributed by atoms with Crippen LogP contribution in [0.5, 0.6) is 11.5 Å². The number of aromatic hydroxyl groups is 1. The van der Waals surface area contributed by atoms with E-state index in [1.54, 1.807) is 37.3 Å². The van der Waals surface area contributed by atoms with Gasteiger partial charge in [-0.3, -0.25) is 4.79 Å². The number of fused-ring (bicyclic) bond motifs is 1. The van der Waals surface area contributed by atoms with Crippen LogP contribution in [-0.2, 0) is 4.79 Å². The van der Waals surface area contributed by atoms with Crippen molar-refractivity contribution in [3.8, 4) is 11.5 Å². The van der Waals surface area contributed by atoms with Crippen LogP contribution in [-0.4, -0.2) is 34.4 Å². The highest BCUT2D eigenvalue weighted by Crippen LogP contribution is 2.25. The van der Waals surface area contributed by atoms with E-state index in [2.05, 4.69) is 10.5 Å². The molecule has 0 saturated carbocycles. The summed E-state index contributed by atoms with van der Waals surface area (Å²) in [4.78, 5) is 23.0. The number of carbonyl (C=O) groups excluding carboxylic acids is 1. The lowest BCUT2D eigenvalue weighted by molar-refractivity contribution is -0.139. The molecular formula is C21H18N2O5. The second kappa shape index (κ2) is 8.22. The molecule has 0 aliphatic rings. The lowest BCUT2D eigenvalue weighted by atomic mass is 10.1. The van der Waals surface area contributed by atoms with Gasteiger partial charge < -0.3 is 14.9 Å². The maximum atomic E-state index is 12.4. The Morgan fingerprint density at radius 3 is 2.46 bits per heavy atom. The SMILES string of the molecule is C/C(=N/NC(=O)c1cc2ccccc2cc1O)c1cccc(OCC(=O)O)c1. The third-order valence-electron chi connectivity index (χ3n) is 4.05. The Kier molecular flexibility index (Phi) is 5.55. The number of nitrogens with zero attached hydrogens (tertiary/aromatic N) is 1. The number of hydrogen-bond donors (Lipinski definition) is 3. The molecule has 0 saturated heterocycles. The average Bonchev–Trinajstić information content (AvgIpc) is 2.70. The van der Waals surface area contributed by atoms with E-state index in [1.807, 2.05) is 24.3 Å². The molecule has 1 amide bonds. The molecule has 3 rings (SSSR count). The standard InChI is InChI=1S/C21H18N2O5/c1-13(14-7-4-8-17(9-14)28-12-20(25)26)22-23-21(27)18-10-15-5-2-3-6-16(15)11-19(18)24/h2-11,24H,12H2,1H3,(H,23,27)(H,25,26)/b22-13-. The molecule has 3 aromatic carbocycles. The minimum absolute atomic E-state index is 0.119. The molecule has 0 spiro atoms. The molecule has 3 N–H and O–H groups in total. The molecule has 7 nitrogen and oxygen atoms in total. The van der Waals surface area contributed by atoms with E-state index in [1.165, 1.54) is 6.07 Å². The number of carbonyl (C=O) groups is 2. The van der Waals surface area contributed by atoms with E-state index in [0.29, 0.717) is 17.0 Å². The van der Waals surface area contributed by atoms with Gasteiger partial charge in [-0.05, 0) is 42.0 Å². The molecule has 142 valence electrons. The largest absolute Gasteiger partial charge is 0.507 e. The number of hydrogen-bond acceptors (Lipinski definition) is 5. The first kappa shape index (κ1) is 18.9. The Balaban J connectivity index is 1.76. The summed E-state index contributed by atoms with van der Waals surface area (Å²) in [6.45, 7) is 1.24. The molecule has 0 atom stereocenters. The number of hydrazone groups is 1. The number of phenols is 1. The summed E-state index contributed by atoms with van der Waals surface area (Å²) in [6, 6.07) is 17.2. The fourth-order valence-corrected chi connectivity index (χ4v) is 2.63. The van der Waals surface area contributed by atoms with Gasteiger partial charge in [0, 0.05) is 5.56 Å². The van der Waals surface area contributed by atoms with Crippen molar-refractivity contribution in [3.63, 3.8) is 0 Å². The fraction of sp³-hybridized carbons (Fsp3) is 0.0952. The van der Waals surface area contributed by atoms with Crippen LogP contribution in [0.15, 0.2) is 65.8 Å². The van der Waals surface area contributed by atoms with Crippen molar-refractivity contribution in [2.24, 2.45) is 5.10 Å². The summed E-state index contributed by atoms with van der Waals surface area (Å²) in [5, 5.41) is 24.5. The Morgan fingerprint density at radius 2 is 1.75 bits per heavy atom. The highest BCUT2D eigenvalue weighted by atomic mass is 16.5. The molecule has 0 unspecified atom stereocenters. The van der Waals surface area contributed by atoms with Crippen molar-refractivity contribution in [2.45, 2.75) is 6.92 Å². The Bertz CT molecular complexity index is 1080. The first-order valence-corrected chi connectivity index (χ1v) is 8.45. The first-order chi connectivity index (χ1) is 13.4. The smallest absolute Gasteiger partial charge is 0.341 e. The Labute approximate surface area is 160 Å². The van der Waals surface area contributed by atoms with Gasteiger partial charge in [0.25, 0.3) is 5.91 Å². The van der Waals surface area contributed by atoms with Crippen molar-refractivity contribution in [1.29, 1.82) is 0 Å². The maximum absolute atomic E-state index is 12.4. The predicted octanol–water partition coefficient (Wildman–Crippen LogP) is 3.16. The van der Waals surface area contributed by atoms with Gasteiger partial charge in [0.15, 0.2) is 6.61 Å². The number of nitrogens with one attached hydrogen (secondary N) is 1. The zero-order valence-corrected chi connectivity index (χ0v) is 15.0. The molecule has 0 fully saturated rings. The number of phenolic OH excluding ortho intramolecular Hbond substituents is 1. The van der Waals surface area contributed by atoms with Gasteiger partial charge in [-0.2, -0.15) is 5.10 Å². The van der Waals surface area contributed by atoms with Crippen LogP contribution in [0.25, 0.3) is 10.8 Å². The average molecular weight is 378 g/mol. The summed E-state index contributed by atoms with van der Waals surface area (Å²) in [7, 11) is 0. The minimum atomic E-state index is -1.07. The summed E-state index contributed by atoms with van der Waals surface area (Å²) in [5.41, 5.74) is 3.70. The van der Waals surface area contributed by atoms with E-state index < -0.39 is 18.5 Å². The summed E-state index contributed by atoms with van der Waals surface area (Å²) in [6.07, 6.45) is 0. The lowest BCUT2D eigenvalue weighted by Gasteiger charge is -2.08. The zero-order valence-electron chi connectivity index (χ0n) is 15.0. The molecular weight excluding hydrogens is 360 g/mol. The van der Waals surface area contributed by atoms with Crippen LogP contribution < -0.4 is 10.2 Å². The number of carboxylic acid groups (broad SMARTS) is 1. The molecule has 7 heteroatoms. The van der Waals surface area contributed by atoms with E-state index in [9.17, 15) is 14.7 Å². The fourth-order valence-electron chi connectivity index (χ4n) is 2.63. The molecule has 0 bridgehead atoms. The number of benzene rings is 3. The van der Waals surface area contributed by atoms with Crippen LogP contribution >= 0.6 is 0 Å². The highest BCUT2D eigenvalue weighted by molar-refractivity contribution is 6.03. The van der Waals surface area contributed by atoms with E-state index in [4.69, 9.17) is 9.84 Å². The molecule has 3 aromatic rings. The van der Waals surface area contributed by atoms with Crippen LogP contribution in [0.2, 0.25) is 0 Å². The van der Waals surface area contributed by atoms with Crippen molar-refractivity contribution in [2.75, 3.05) is 6.61 Å². The molecule has 0 aliphatic heterocycles. The van der Waals surface area contributed by atoms with Crippen molar-refractivity contribution >= 4 is 28.4 Å². The van der Waals surface area contributed by atoms with Crippen LogP contribution in [0.3, 0.4) is 0 Å². The van der Waals surface area contributed by atoms with Gasteiger partial charge >= 0.3 is 5.97 Å². The van der Waals surface area contributed by atoms with Crippen molar-refractivity contribution in [3.05, 3.63) is 71.8 Å². The Hall–Kier alpha value is -3.87. The van der Waals surface area contributed by atoms with E-state index in [-0.39, 0.29) is 11.3 Å². The number of amides is 1. The van der Waals surface area contributed by atoms with Gasteiger partial charge in [0.2, 0.25) is 0 Å². The number of ether oxygens (including phenoxy) is 1. The Morgan fingerprint density at radius 1 is 1.04 bits per heavy atom. The van der Waals surface area contributed by atoms with Crippen molar-refractivity contribution in [1.82, 2.24) is 5.43 Å². The molecule has 0 aliphatic carbocycles. The third-order valence-corrected chi connectivity index (χ3v) is 4.05. The first-order valence-electron chi connectivity index (χ1n) is 8.45. The van der Waals surface area contributed by atoms with E-state index in [0.717, 1.165) is 10.8 Å².